The lowest BCUT2D eigenvalue weighted by molar-refractivity contribution is 0.163. The molecule has 0 bridgehead atoms. The standard InChI is InChI=1S/C13H23N5/c1-13(12(14)15)5-9-18(10-6-13)8-4-11-3-7-16-17(11)2/h3,7H,4-6,8-10H2,1-2H3,(H3,14,15). The predicted molar refractivity (Wildman–Crippen MR) is 72.6 cm³/mol. The van der Waals surface area contributed by atoms with Crippen molar-refractivity contribution in [2.24, 2.45) is 18.2 Å². The Balaban J connectivity index is 1.81. The second-order valence-corrected chi connectivity index (χ2v) is 5.51. The highest BCUT2D eigenvalue weighted by molar-refractivity contribution is 5.83. The van der Waals surface area contributed by atoms with E-state index in [2.05, 4.69) is 23.0 Å². The fourth-order valence-corrected chi connectivity index (χ4v) is 2.46. The second-order valence-electron chi connectivity index (χ2n) is 5.51. The minimum atomic E-state index is -0.0803. The molecule has 1 aliphatic rings. The molecular weight excluding hydrogens is 226 g/mol. The van der Waals surface area contributed by atoms with Crippen LogP contribution >= 0.6 is 0 Å². The number of nitrogens with one attached hydrogen (secondary N) is 1. The number of aryl methyl sites for hydroxylation is 1. The highest BCUT2D eigenvalue weighted by Gasteiger charge is 2.32. The van der Waals surface area contributed by atoms with E-state index in [9.17, 15) is 0 Å². The zero-order valence-corrected chi connectivity index (χ0v) is 11.3. The summed E-state index contributed by atoms with van der Waals surface area (Å²) in [6.45, 7) is 5.24. The molecule has 0 saturated carbocycles. The third-order valence-corrected chi connectivity index (χ3v) is 4.22. The van der Waals surface area contributed by atoms with Gasteiger partial charge in [0.15, 0.2) is 0 Å². The molecule has 1 aromatic rings. The predicted octanol–water partition coefficient (Wildman–Crippen LogP) is 1.00. The fourth-order valence-electron chi connectivity index (χ4n) is 2.46. The van der Waals surface area contributed by atoms with Crippen molar-refractivity contribution in [3.05, 3.63) is 18.0 Å². The number of likely N-dealkylation sites (tertiary alicyclic amines) is 1. The van der Waals surface area contributed by atoms with Gasteiger partial charge in [-0.15, -0.1) is 0 Å². The van der Waals surface area contributed by atoms with E-state index < -0.39 is 0 Å². The van der Waals surface area contributed by atoms with Crippen molar-refractivity contribution >= 4 is 5.84 Å². The molecule has 3 N–H and O–H groups in total. The summed E-state index contributed by atoms with van der Waals surface area (Å²) in [7, 11) is 1.98. The summed E-state index contributed by atoms with van der Waals surface area (Å²) in [6, 6.07) is 2.07. The number of rotatable bonds is 4. The van der Waals surface area contributed by atoms with Crippen LogP contribution in [0.5, 0.6) is 0 Å². The summed E-state index contributed by atoms with van der Waals surface area (Å²) in [5.74, 6) is 0.341. The highest BCUT2D eigenvalue weighted by atomic mass is 15.3. The quantitative estimate of drug-likeness (QED) is 0.618. The molecule has 2 heterocycles. The molecule has 2 rings (SSSR count). The molecule has 1 aromatic heterocycles. The average molecular weight is 249 g/mol. The first kappa shape index (κ1) is 13.1. The van der Waals surface area contributed by atoms with Gasteiger partial charge in [-0.05, 0) is 32.0 Å². The third kappa shape index (κ3) is 2.72. The van der Waals surface area contributed by atoms with Gasteiger partial charge in [-0.2, -0.15) is 5.10 Å². The molecule has 0 aromatic carbocycles. The van der Waals surface area contributed by atoms with Crippen molar-refractivity contribution in [3.8, 4) is 0 Å². The summed E-state index contributed by atoms with van der Waals surface area (Å²) < 4.78 is 1.93. The van der Waals surface area contributed by atoms with E-state index in [4.69, 9.17) is 11.1 Å². The smallest absolute Gasteiger partial charge is 0.0966 e. The Morgan fingerprint density at radius 1 is 1.50 bits per heavy atom. The Kier molecular flexibility index (Phi) is 3.71. The summed E-state index contributed by atoms with van der Waals surface area (Å²) >= 11 is 0. The van der Waals surface area contributed by atoms with Gasteiger partial charge in [-0.25, -0.2) is 0 Å². The van der Waals surface area contributed by atoms with E-state index in [0.29, 0.717) is 5.84 Å². The molecule has 1 saturated heterocycles. The number of nitrogens with two attached hydrogens (primary N) is 1. The molecule has 5 nitrogen and oxygen atoms in total. The van der Waals surface area contributed by atoms with Crippen LogP contribution in [-0.2, 0) is 13.5 Å². The average Bonchev–Trinajstić information content (AvgIpc) is 2.74. The lowest BCUT2D eigenvalue weighted by Crippen LogP contribution is -2.45. The van der Waals surface area contributed by atoms with E-state index >= 15 is 0 Å². The summed E-state index contributed by atoms with van der Waals surface area (Å²) in [4.78, 5) is 2.46. The maximum atomic E-state index is 7.64. The first-order valence-corrected chi connectivity index (χ1v) is 6.55. The normalized spacial score (nSPS) is 19.9. The van der Waals surface area contributed by atoms with Crippen molar-refractivity contribution in [3.63, 3.8) is 0 Å². The minimum Gasteiger partial charge on any atom is -0.387 e. The zero-order chi connectivity index (χ0) is 13.2. The van der Waals surface area contributed by atoms with Gasteiger partial charge in [0, 0.05) is 37.3 Å². The van der Waals surface area contributed by atoms with E-state index in [0.717, 1.165) is 38.9 Å². The third-order valence-electron chi connectivity index (χ3n) is 4.22. The van der Waals surface area contributed by atoms with E-state index in [1.54, 1.807) is 0 Å². The Morgan fingerprint density at radius 3 is 2.67 bits per heavy atom. The molecule has 0 atom stereocenters. The monoisotopic (exact) mass is 249 g/mol. The minimum absolute atomic E-state index is 0.0803. The Hall–Kier alpha value is -1.36. The van der Waals surface area contributed by atoms with Crippen LogP contribution < -0.4 is 5.73 Å². The largest absolute Gasteiger partial charge is 0.387 e. The van der Waals surface area contributed by atoms with Crippen LogP contribution in [0.2, 0.25) is 0 Å². The second kappa shape index (κ2) is 5.10. The van der Waals surface area contributed by atoms with Crippen LogP contribution in [0.4, 0.5) is 0 Å². The summed E-state index contributed by atoms with van der Waals surface area (Å²) in [5.41, 5.74) is 6.86. The van der Waals surface area contributed by atoms with Gasteiger partial charge < -0.3 is 10.6 Å². The van der Waals surface area contributed by atoms with Crippen LogP contribution in [0.3, 0.4) is 0 Å². The van der Waals surface area contributed by atoms with Crippen molar-refractivity contribution in [1.82, 2.24) is 14.7 Å². The van der Waals surface area contributed by atoms with Crippen LogP contribution in [0, 0.1) is 10.8 Å². The van der Waals surface area contributed by atoms with Gasteiger partial charge >= 0.3 is 0 Å². The SMILES string of the molecule is Cn1nccc1CCN1CCC(C)(C(=N)N)CC1. The molecule has 18 heavy (non-hydrogen) atoms. The summed E-state index contributed by atoms with van der Waals surface area (Å²) in [6.07, 6.45) is 4.87. The molecule has 1 fully saturated rings. The number of hydrogen-bond donors (Lipinski definition) is 2. The lowest BCUT2D eigenvalue weighted by atomic mass is 9.79. The Morgan fingerprint density at radius 2 is 2.17 bits per heavy atom. The first-order chi connectivity index (χ1) is 8.51. The van der Waals surface area contributed by atoms with E-state index in [-0.39, 0.29) is 5.41 Å². The van der Waals surface area contributed by atoms with Crippen LogP contribution in [0.15, 0.2) is 12.3 Å². The Labute approximate surface area is 108 Å². The van der Waals surface area contributed by atoms with Crippen molar-refractivity contribution in [2.75, 3.05) is 19.6 Å². The molecule has 0 radical (unpaired) electrons. The molecule has 1 aliphatic heterocycles. The van der Waals surface area contributed by atoms with Gasteiger partial charge in [0.05, 0.1) is 5.84 Å². The van der Waals surface area contributed by atoms with E-state index in [1.807, 2.05) is 17.9 Å². The highest BCUT2D eigenvalue weighted by Crippen LogP contribution is 2.30. The number of hydrogen-bond acceptors (Lipinski definition) is 3. The van der Waals surface area contributed by atoms with Gasteiger partial charge in [0.25, 0.3) is 0 Å². The van der Waals surface area contributed by atoms with Crippen molar-refractivity contribution in [2.45, 2.75) is 26.2 Å². The molecule has 5 heteroatoms. The molecule has 0 aliphatic carbocycles. The molecule has 0 spiro atoms. The number of amidine groups is 1. The number of piperidine rings is 1. The number of aromatic nitrogens is 2. The topological polar surface area (TPSA) is 70.9 Å². The lowest BCUT2D eigenvalue weighted by Gasteiger charge is -2.38. The maximum Gasteiger partial charge on any atom is 0.0966 e. The van der Waals surface area contributed by atoms with Crippen LogP contribution in [0.25, 0.3) is 0 Å². The van der Waals surface area contributed by atoms with Gasteiger partial charge in [0.2, 0.25) is 0 Å². The fraction of sp³-hybridized carbons (Fsp3) is 0.692. The molecule has 0 unspecified atom stereocenters. The van der Waals surface area contributed by atoms with Gasteiger partial charge in [-0.3, -0.25) is 10.1 Å². The van der Waals surface area contributed by atoms with Crippen LogP contribution in [-0.4, -0.2) is 40.2 Å². The maximum absolute atomic E-state index is 7.64. The van der Waals surface area contributed by atoms with Gasteiger partial charge in [-0.1, -0.05) is 6.92 Å². The molecule has 100 valence electrons. The molecule has 0 amide bonds. The Bertz CT molecular complexity index is 415. The van der Waals surface area contributed by atoms with Crippen molar-refractivity contribution in [1.29, 1.82) is 5.41 Å². The number of nitrogens with zero attached hydrogens (tertiary/aromatic N) is 3. The van der Waals surface area contributed by atoms with E-state index in [1.165, 1.54) is 5.69 Å². The summed E-state index contributed by atoms with van der Waals surface area (Å²) in [5, 5.41) is 11.8. The molecular formula is C13H23N5. The van der Waals surface area contributed by atoms with Gasteiger partial charge in [0.1, 0.15) is 0 Å². The van der Waals surface area contributed by atoms with Crippen LogP contribution in [0.1, 0.15) is 25.5 Å². The van der Waals surface area contributed by atoms with Crippen molar-refractivity contribution < 1.29 is 0 Å². The first-order valence-electron chi connectivity index (χ1n) is 6.55. The zero-order valence-electron chi connectivity index (χ0n) is 11.3.